The maximum atomic E-state index is 10.9. The second-order valence-corrected chi connectivity index (χ2v) is 6.05. The number of hydrogen-bond acceptors (Lipinski definition) is 3. The first kappa shape index (κ1) is 14.5. The monoisotopic (exact) mass is 262 g/mol. The molecule has 1 aromatic carbocycles. The number of rotatable bonds is 4. The molecule has 3 heteroatoms. The van der Waals surface area contributed by atoms with Crippen LogP contribution >= 0.6 is 0 Å². The zero-order chi connectivity index (χ0) is 13.9. The first-order valence-electron chi connectivity index (χ1n) is 7.27. The Bertz CT molecular complexity index is 395. The maximum absolute atomic E-state index is 10.9. The molecular formula is C16H26N2O. The molecule has 0 spiro atoms. The van der Waals surface area contributed by atoms with Gasteiger partial charge in [-0.3, -0.25) is 4.90 Å². The Balaban J connectivity index is 2.10. The van der Waals surface area contributed by atoms with E-state index in [4.69, 9.17) is 5.73 Å². The molecule has 0 saturated carbocycles. The van der Waals surface area contributed by atoms with Crippen molar-refractivity contribution in [3.05, 3.63) is 35.9 Å². The van der Waals surface area contributed by atoms with Crippen LogP contribution in [0.3, 0.4) is 0 Å². The van der Waals surface area contributed by atoms with E-state index in [-0.39, 0.29) is 6.54 Å². The van der Waals surface area contributed by atoms with Gasteiger partial charge in [-0.1, -0.05) is 37.3 Å². The first-order chi connectivity index (χ1) is 9.05. The van der Waals surface area contributed by atoms with Gasteiger partial charge < -0.3 is 10.8 Å². The van der Waals surface area contributed by atoms with Gasteiger partial charge in [-0.2, -0.15) is 0 Å². The smallest absolute Gasteiger partial charge is 0.114 e. The normalized spacial score (nSPS) is 28.0. The van der Waals surface area contributed by atoms with Crippen LogP contribution in [0.5, 0.6) is 0 Å². The lowest BCUT2D eigenvalue weighted by Crippen LogP contribution is -2.51. The van der Waals surface area contributed by atoms with E-state index in [9.17, 15) is 5.11 Å². The van der Waals surface area contributed by atoms with Gasteiger partial charge in [0.1, 0.15) is 5.60 Å². The van der Waals surface area contributed by atoms with Gasteiger partial charge in [0.05, 0.1) is 0 Å². The summed E-state index contributed by atoms with van der Waals surface area (Å²) in [4.78, 5) is 2.37. The number of nitrogens with zero attached hydrogens (tertiary/aromatic N) is 1. The van der Waals surface area contributed by atoms with E-state index < -0.39 is 5.60 Å². The van der Waals surface area contributed by atoms with Crippen molar-refractivity contribution in [2.75, 3.05) is 19.6 Å². The minimum absolute atomic E-state index is 0.260. The van der Waals surface area contributed by atoms with E-state index >= 15 is 0 Å². The van der Waals surface area contributed by atoms with E-state index in [2.05, 4.69) is 18.7 Å². The zero-order valence-corrected chi connectivity index (χ0v) is 12.0. The highest BCUT2D eigenvalue weighted by Crippen LogP contribution is 2.27. The van der Waals surface area contributed by atoms with Gasteiger partial charge in [-0.15, -0.1) is 0 Å². The molecule has 106 valence electrons. The largest absolute Gasteiger partial charge is 0.382 e. The molecule has 0 amide bonds. The molecule has 1 heterocycles. The van der Waals surface area contributed by atoms with Crippen LogP contribution in [0.15, 0.2) is 30.3 Å². The van der Waals surface area contributed by atoms with Crippen LogP contribution in [-0.2, 0) is 5.60 Å². The summed E-state index contributed by atoms with van der Waals surface area (Å²) in [5, 5.41) is 10.9. The molecule has 0 aromatic heterocycles. The van der Waals surface area contributed by atoms with Crippen molar-refractivity contribution in [1.82, 2.24) is 4.90 Å². The van der Waals surface area contributed by atoms with Crippen LogP contribution in [-0.4, -0.2) is 35.7 Å². The average molecular weight is 262 g/mol. The van der Waals surface area contributed by atoms with Crippen LogP contribution in [0.4, 0.5) is 0 Å². The number of aliphatic hydroxyl groups is 1. The van der Waals surface area contributed by atoms with Gasteiger partial charge in [-0.25, -0.2) is 0 Å². The lowest BCUT2D eigenvalue weighted by atomic mass is 9.89. The molecule has 1 saturated heterocycles. The SMILES string of the molecule is CC1CCN(CC(O)(CN)c2ccccc2)C(C)C1. The van der Waals surface area contributed by atoms with Gasteiger partial charge in [0, 0.05) is 19.1 Å². The maximum Gasteiger partial charge on any atom is 0.114 e. The third-order valence-electron chi connectivity index (χ3n) is 4.39. The molecule has 0 radical (unpaired) electrons. The van der Waals surface area contributed by atoms with Crippen LogP contribution in [0, 0.1) is 5.92 Å². The molecule has 19 heavy (non-hydrogen) atoms. The number of hydrogen-bond donors (Lipinski definition) is 2. The van der Waals surface area contributed by atoms with E-state index in [0.717, 1.165) is 18.0 Å². The quantitative estimate of drug-likeness (QED) is 0.872. The standard InChI is InChI=1S/C16H26N2O/c1-13-8-9-18(14(2)10-13)12-16(19,11-17)15-6-4-3-5-7-15/h3-7,13-14,19H,8-12,17H2,1-2H3. The molecule has 3 nitrogen and oxygen atoms in total. The minimum Gasteiger partial charge on any atom is -0.382 e. The van der Waals surface area contributed by atoms with Crippen LogP contribution < -0.4 is 5.73 Å². The summed E-state index contributed by atoms with van der Waals surface area (Å²) >= 11 is 0. The summed E-state index contributed by atoms with van der Waals surface area (Å²) in [6.45, 7) is 6.49. The highest BCUT2D eigenvalue weighted by Gasteiger charge is 2.33. The van der Waals surface area contributed by atoms with Crippen molar-refractivity contribution in [3.8, 4) is 0 Å². The number of piperidine rings is 1. The van der Waals surface area contributed by atoms with Crippen molar-refractivity contribution in [2.45, 2.75) is 38.3 Å². The lowest BCUT2D eigenvalue weighted by Gasteiger charge is -2.41. The van der Waals surface area contributed by atoms with E-state index in [0.29, 0.717) is 12.6 Å². The second kappa shape index (κ2) is 6.04. The van der Waals surface area contributed by atoms with Gasteiger partial charge >= 0.3 is 0 Å². The predicted octanol–water partition coefficient (Wildman–Crippen LogP) is 1.95. The predicted molar refractivity (Wildman–Crippen MR) is 78.8 cm³/mol. The molecule has 0 bridgehead atoms. The van der Waals surface area contributed by atoms with Crippen molar-refractivity contribution < 1.29 is 5.11 Å². The van der Waals surface area contributed by atoms with Crippen molar-refractivity contribution in [1.29, 1.82) is 0 Å². The van der Waals surface area contributed by atoms with Gasteiger partial charge in [-0.05, 0) is 37.8 Å². The van der Waals surface area contributed by atoms with Crippen LogP contribution in [0.1, 0.15) is 32.3 Å². The third kappa shape index (κ3) is 3.35. The third-order valence-corrected chi connectivity index (χ3v) is 4.39. The molecule has 3 atom stereocenters. The summed E-state index contributed by atoms with van der Waals surface area (Å²) in [6.07, 6.45) is 2.41. The average Bonchev–Trinajstić information content (AvgIpc) is 2.43. The molecular weight excluding hydrogens is 236 g/mol. The summed E-state index contributed by atoms with van der Waals surface area (Å²) in [7, 11) is 0. The second-order valence-electron chi connectivity index (χ2n) is 6.05. The van der Waals surface area contributed by atoms with Crippen LogP contribution in [0.2, 0.25) is 0 Å². The topological polar surface area (TPSA) is 49.5 Å². The number of β-amino-alcohol motifs (C(OH)–C–C–N with tert-alkyl or cyclic N) is 1. The molecule has 1 aromatic rings. The van der Waals surface area contributed by atoms with E-state index in [1.54, 1.807) is 0 Å². The van der Waals surface area contributed by atoms with E-state index in [1.165, 1.54) is 12.8 Å². The summed E-state index contributed by atoms with van der Waals surface area (Å²) in [5.74, 6) is 0.786. The van der Waals surface area contributed by atoms with Gasteiger partial charge in [0.25, 0.3) is 0 Å². The molecule has 1 fully saturated rings. The van der Waals surface area contributed by atoms with Crippen molar-refractivity contribution in [3.63, 3.8) is 0 Å². The van der Waals surface area contributed by atoms with Gasteiger partial charge in [0.15, 0.2) is 0 Å². The Hall–Kier alpha value is -0.900. The Morgan fingerprint density at radius 2 is 2.00 bits per heavy atom. The number of benzene rings is 1. The van der Waals surface area contributed by atoms with E-state index in [1.807, 2.05) is 30.3 Å². The minimum atomic E-state index is -0.934. The number of nitrogens with two attached hydrogens (primary N) is 1. The Morgan fingerprint density at radius 1 is 1.32 bits per heavy atom. The summed E-state index contributed by atoms with van der Waals surface area (Å²) in [6, 6.07) is 10.3. The molecule has 1 aliphatic rings. The van der Waals surface area contributed by atoms with Crippen molar-refractivity contribution in [2.24, 2.45) is 11.7 Å². The van der Waals surface area contributed by atoms with Crippen molar-refractivity contribution >= 4 is 0 Å². The van der Waals surface area contributed by atoms with Gasteiger partial charge in [0.2, 0.25) is 0 Å². The molecule has 3 unspecified atom stereocenters. The Kier molecular flexibility index (Phi) is 4.61. The summed E-state index contributed by atoms with van der Waals surface area (Å²) in [5.41, 5.74) is 5.84. The fraction of sp³-hybridized carbons (Fsp3) is 0.625. The summed E-state index contributed by atoms with van der Waals surface area (Å²) < 4.78 is 0. The highest BCUT2D eigenvalue weighted by molar-refractivity contribution is 5.23. The fourth-order valence-electron chi connectivity index (χ4n) is 3.05. The van der Waals surface area contributed by atoms with Crippen LogP contribution in [0.25, 0.3) is 0 Å². The molecule has 0 aliphatic carbocycles. The lowest BCUT2D eigenvalue weighted by molar-refractivity contribution is -0.0172. The zero-order valence-electron chi connectivity index (χ0n) is 12.0. The molecule has 2 rings (SSSR count). The highest BCUT2D eigenvalue weighted by atomic mass is 16.3. The Labute approximate surface area is 116 Å². The molecule has 3 N–H and O–H groups in total. The first-order valence-corrected chi connectivity index (χ1v) is 7.27. The Morgan fingerprint density at radius 3 is 2.58 bits per heavy atom. The fourth-order valence-corrected chi connectivity index (χ4v) is 3.05. The number of likely N-dealkylation sites (tertiary alicyclic amines) is 1. The molecule has 1 aliphatic heterocycles.